The maximum atomic E-state index is 12.4. The van der Waals surface area contributed by atoms with Crippen LogP contribution >= 0.6 is 0 Å². The second kappa shape index (κ2) is 5.83. The number of cyclic esters (lactones) is 1. The lowest BCUT2D eigenvalue weighted by Gasteiger charge is -2.29. The van der Waals surface area contributed by atoms with E-state index in [1.54, 1.807) is 6.92 Å². The third-order valence-electron chi connectivity index (χ3n) is 3.95. The van der Waals surface area contributed by atoms with E-state index < -0.39 is 5.60 Å². The summed E-state index contributed by atoms with van der Waals surface area (Å²) in [5.41, 5.74) is 1.16. The molecule has 1 N–H and O–H groups in total. The molecule has 0 aliphatic carbocycles. The van der Waals surface area contributed by atoms with Crippen LogP contribution in [0.4, 0.5) is 0 Å². The van der Waals surface area contributed by atoms with Crippen LogP contribution in [-0.2, 0) is 23.9 Å². The fourth-order valence-corrected chi connectivity index (χ4v) is 2.70. The van der Waals surface area contributed by atoms with Crippen molar-refractivity contribution in [2.45, 2.75) is 51.6 Å². The van der Waals surface area contributed by atoms with Gasteiger partial charge in [-0.15, -0.1) is 0 Å². The van der Waals surface area contributed by atoms with Crippen molar-refractivity contribution in [2.75, 3.05) is 6.54 Å². The summed E-state index contributed by atoms with van der Waals surface area (Å²) in [5, 5.41) is 1.01. The predicted molar refractivity (Wildman–Crippen MR) is 71.6 cm³/mol. The number of hydrogen-bond donors (Lipinski definition) is 1. The van der Waals surface area contributed by atoms with Crippen LogP contribution < -0.4 is 5.43 Å². The van der Waals surface area contributed by atoms with E-state index in [2.05, 4.69) is 5.43 Å². The molecule has 2 aliphatic heterocycles. The Morgan fingerprint density at radius 2 is 2.10 bits per heavy atom. The van der Waals surface area contributed by atoms with Crippen molar-refractivity contribution in [3.8, 4) is 0 Å². The van der Waals surface area contributed by atoms with Gasteiger partial charge in [-0.25, -0.2) is 5.01 Å². The van der Waals surface area contributed by atoms with Crippen LogP contribution in [0.25, 0.3) is 0 Å². The van der Waals surface area contributed by atoms with Crippen LogP contribution in [0.5, 0.6) is 0 Å². The minimum atomic E-state index is -1.21. The number of nitrogens with zero attached hydrogens (tertiary/aromatic N) is 1. The second-order valence-electron chi connectivity index (χ2n) is 5.78. The summed E-state index contributed by atoms with van der Waals surface area (Å²) in [6, 6.07) is 0. The number of amides is 2. The van der Waals surface area contributed by atoms with Crippen molar-refractivity contribution < 1.29 is 23.9 Å². The van der Waals surface area contributed by atoms with Gasteiger partial charge in [0.25, 0.3) is 0 Å². The van der Waals surface area contributed by atoms with Gasteiger partial charge < -0.3 is 4.74 Å². The number of carbonyl (C=O) groups is 4. The standard InChI is InChI=1S/C14H20N2O5/c1-3-4-9-7-14(2,21-13(9)20)10(17)8-16-12(19)6-5-11(18)15-16/h9H,3-8H2,1-2H3,(H,15,18)/t9-,14-/m0/s1. The normalized spacial score (nSPS) is 29.3. The molecular formula is C14H20N2O5. The molecule has 0 bridgehead atoms. The molecule has 2 rings (SSSR count). The third-order valence-corrected chi connectivity index (χ3v) is 3.95. The van der Waals surface area contributed by atoms with Gasteiger partial charge in [0.15, 0.2) is 11.4 Å². The highest BCUT2D eigenvalue weighted by Crippen LogP contribution is 2.34. The van der Waals surface area contributed by atoms with E-state index in [4.69, 9.17) is 4.74 Å². The Kier molecular flexibility index (Phi) is 4.29. The molecule has 0 spiro atoms. The molecule has 0 radical (unpaired) electrons. The lowest BCUT2D eigenvalue weighted by Crippen LogP contribution is -2.55. The third kappa shape index (κ3) is 3.22. The first kappa shape index (κ1) is 15.5. The highest BCUT2D eigenvalue weighted by molar-refractivity contribution is 5.97. The maximum Gasteiger partial charge on any atom is 0.310 e. The molecule has 0 aromatic carbocycles. The van der Waals surface area contributed by atoms with Crippen LogP contribution in [-0.4, -0.2) is 40.7 Å². The first-order chi connectivity index (χ1) is 9.85. The molecular weight excluding hydrogens is 276 g/mol. The van der Waals surface area contributed by atoms with Crippen molar-refractivity contribution in [1.29, 1.82) is 0 Å². The average molecular weight is 296 g/mol. The maximum absolute atomic E-state index is 12.4. The minimum absolute atomic E-state index is 0.0913. The largest absolute Gasteiger partial charge is 0.451 e. The molecule has 2 atom stereocenters. The minimum Gasteiger partial charge on any atom is -0.451 e. The number of ether oxygens (including phenoxy) is 1. The Morgan fingerprint density at radius 1 is 1.38 bits per heavy atom. The Labute approximate surface area is 123 Å². The second-order valence-corrected chi connectivity index (χ2v) is 5.78. The quantitative estimate of drug-likeness (QED) is 0.738. The molecule has 0 unspecified atom stereocenters. The van der Waals surface area contributed by atoms with Crippen molar-refractivity contribution >= 4 is 23.6 Å². The number of nitrogens with one attached hydrogen (secondary N) is 1. The number of hydrazine groups is 1. The Hall–Kier alpha value is -1.92. The zero-order valence-corrected chi connectivity index (χ0v) is 12.3. The number of esters is 1. The number of carbonyl (C=O) groups excluding carboxylic acids is 4. The smallest absolute Gasteiger partial charge is 0.310 e. The fraction of sp³-hybridized carbons (Fsp3) is 0.714. The van der Waals surface area contributed by atoms with E-state index in [-0.39, 0.29) is 48.9 Å². The number of ketones is 1. The Balaban J connectivity index is 2.01. The van der Waals surface area contributed by atoms with Crippen molar-refractivity contribution in [2.24, 2.45) is 5.92 Å². The predicted octanol–water partition coefficient (Wildman–Crippen LogP) is 0.331. The topological polar surface area (TPSA) is 92.8 Å². The van der Waals surface area contributed by atoms with Gasteiger partial charge in [0, 0.05) is 19.3 Å². The summed E-state index contributed by atoms with van der Waals surface area (Å²) in [6.45, 7) is 3.26. The van der Waals surface area contributed by atoms with Gasteiger partial charge in [-0.1, -0.05) is 13.3 Å². The van der Waals surface area contributed by atoms with Gasteiger partial charge >= 0.3 is 5.97 Å². The Bertz CT molecular complexity index is 490. The van der Waals surface area contributed by atoms with Gasteiger partial charge in [0.1, 0.15) is 6.54 Å². The summed E-state index contributed by atoms with van der Waals surface area (Å²) < 4.78 is 5.24. The zero-order chi connectivity index (χ0) is 15.6. The van der Waals surface area contributed by atoms with E-state index in [1.807, 2.05) is 6.92 Å². The van der Waals surface area contributed by atoms with Crippen LogP contribution in [0.2, 0.25) is 0 Å². The summed E-state index contributed by atoms with van der Waals surface area (Å²) in [7, 11) is 0. The van der Waals surface area contributed by atoms with Gasteiger partial charge in [0.05, 0.1) is 5.92 Å². The molecule has 2 heterocycles. The summed E-state index contributed by atoms with van der Waals surface area (Å²) in [4.78, 5) is 47.1. The summed E-state index contributed by atoms with van der Waals surface area (Å²) in [6.07, 6.45) is 2.07. The van der Waals surface area contributed by atoms with Gasteiger partial charge in [-0.3, -0.25) is 24.6 Å². The summed E-state index contributed by atoms with van der Waals surface area (Å²) >= 11 is 0. The van der Waals surface area contributed by atoms with Crippen molar-refractivity contribution in [3.05, 3.63) is 0 Å². The van der Waals surface area contributed by atoms with Crippen LogP contribution in [0, 0.1) is 5.92 Å². The lowest BCUT2D eigenvalue weighted by molar-refractivity contribution is -0.160. The molecule has 7 heteroatoms. The average Bonchev–Trinajstić information content (AvgIpc) is 2.71. The molecule has 116 valence electrons. The van der Waals surface area contributed by atoms with E-state index in [0.717, 1.165) is 11.4 Å². The monoisotopic (exact) mass is 296 g/mol. The molecule has 0 saturated carbocycles. The molecule has 21 heavy (non-hydrogen) atoms. The molecule has 2 amide bonds. The van der Waals surface area contributed by atoms with Crippen LogP contribution in [0.1, 0.15) is 46.0 Å². The SMILES string of the molecule is CCC[C@H]1C[C@@](C)(C(=O)CN2NC(=O)CCC2=O)OC1=O. The number of rotatable bonds is 5. The first-order valence-electron chi connectivity index (χ1n) is 7.21. The fourth-order valence-electron chi connectivity index (χ4n) is 2.70. The zero-order valence-electron chi connectivity index (χ0n) is 12.3. The molecule has 0 aromatic heterocycles. The lowest BCUT2D eigenvalue weighted by atomic mass is 9.89. The first-order valence-corrected chi connectivity index (χ1v) is 7.21. The van der Waals surface area contributed by atoms with Crippen LogP contribution in [0.3, 0.4) is 0 Å². The molecule has 2 saturated heterocycles. The van der Waals surface area contributed by atoms with Crippen LogP contribution in [0.15, 0.2) is 0 Å². The van der Waals surface area contributed by atoms with E-state index >= 15 is 0 Å². The number of hydrogen-bond acceptors (Lipinski definition) is 5. The molecule has 2 fully saturated rings. The van der Waals surface area contributed by atoms with E-state index in [9.17, 15) is 19.2 Å². The van der Waals surface area contributed by atoms with E-state index in [1.165, 1.54) is 0 Å². The van der Waals surface area contributed by atoms with Crippen molar-refractivity contribution in [1.82, 2.24) is 10.4 Å². The highest BCUT2D eigenvalue weighted by atomic mass is 16.6. The summed E-state index contributed by atoms with van der Waals surface area (Å²) in [5.74, 6) is -1.59. The van der Waals surface area contributed by atoms with Crippen molar-refractivity contribution in [3.63, 3.8) is 0 Å². The highest BCUT2D eigenvalue weighted by Gasteiger charge is 2.48. The number of Topliss-reactive ketones (excluding diaryl/α,β-unsaturated/α-hetero) is 1. The van der Waals surface area contributed by atoms with Gasteiger partial charge in [-0.2, -0.15) is 0 Å². The molecule has 7 nitrogen and oxygen atoms in total. The van der Waals surface area contributed by atoms with E-state index in [0.29, 0.717) is 12.8 Å². The molecule has 0 aromatic rings. The molecule has 2 aliphatic rings. The Morgan fingerprint density at radius 3 is 2.76 bits per heavy atom. The van der Waals surface area contributed by atoms with Gasteiger partial charge in [0.2, 0.25) is 11.8 Å². The van der Waals surface area contributed by atoms with Gasteiger partial charge in [-0.05, 0) is 13.3 Å².